The number of aryl methyl sites for hydroxylation is 1. The Kier molecular flexibility index (Phi) is 3.95. The van der Waals surface area contributed by atoms with Gasteiger partial charge >= 0.3 is 0 Å². The predicted octanol–water partition coefficient (Wildman–Crippen LogP) is 0.0748. The van der Waals surface area contributed by atoms with Crippen LogP contribution in [0.25, 0.3) is 0 Å². The molecule has 0 spiro atoms. The van der Waals surface area contributed by atoms with Crippen LogP contribution in [0.1, 0.15) is 6.92 Å². The summed E-state index contributed by atoms with van der Waals surface area (Å²) in [4.78, 5) is 3.74. The van der Waals surface area contributed by atoms with Crippen molar-refractivity contribution >= 4 is 21.6 Å². The maximum atomic E-state index is 12.0. The van der Waals surface area contributed by atoms with Crippen LogP contribution in [0.4, 0.5) is 0 Å². The van der Waals surface area contributed by atoms with Crippen molar-refractivity contribution in [1.29, 1.82) is 0 Å². The second kappa shape index (κ2) is 4.70. The largest absolute Gasteiger partial charge is 0.395 e. The first-order valence-corrected chi connectivity index (χ1v) is 6.40. The van der Waals surface area contributed by atoms with Gasteiger partial charge in [0.25, 0.3) is 10.0 Å². The van der Waals surface area contributed by atoms with Crippen molar-refractivity contribution in [1.82, 2.24) is 13.9 Å². The van der Waals surface area contributed by atoms with Crippen LogP contribution in [-0.4, -0.2) is 47.1 Å². The average molecular weight is 268 g/mol. The summed E-state index contributed by atoms with van der Waals surface area (Å²) in [5.74, 6) is 0. The normalized spacial score (nSPS) is 14.4. The zero-order valence-corrected chi connectivity index (χ0v) is 10.8. The number of halogens is 1. The van der Waals surface area contributed by atoms with Gasteiger partial charge in [-0.25, -0.2) is 13.4 Å². The van der Waals surface area contributed by atoms with Crippen molar-refractivity contribution < 1.29 is 13.5 Å². The zero-order valence-electron chi connectivity index (χ0n) is 9.25. The van der Waals surface area contributed by atoms with E-state index < -0.39 is 16.1 Å². The fourth-order valence-corrected chi connectivity index (χ4v) is 2.56. The van der Waals surface area contributed by atoms with E-state index in [0.29, 0.717) is 0 Å². The van der Waals surface area contributed by atoms with E-state index in [9.17, 15) is 8.42 Å². The minimum Gasteiger partial charge on any atom is -0.395 e. The van der Waals surface area contributed by atoms with Gasteiger partial charge in [-0.1, -0.05) is 0 Å². The number of rotatable bonds is 4. The molecule has 6 nitrogen and oxygen atoms in total. The summed E-state index contributed by atoms with van der Waals surface area (Å²) < 4.78 is 26.4. The second-order valence-electron chi connectivity index (χ2n) is 3.51. The summed E-state index contributed by atoms with van der Waals surface area (Å²) in [5, 5.41) is 8.90. The third-order valence-electron chi connectivity index (χ3n) is 2.33. The van der Waals surface area contributed by atoms with Gasteiger partial charge < -0.3 is 9.67 Å². The highest BCUT2D eigenvalue weighted by Gasteiger charge is 2.27. The monoisotopic (exact) mass is 267 g/mol. The molecule has 0 aliphatic carbocycles. The van der Waals surface area contributed by atoms with Crippen LogP contribution in [-0.2, 0) is 17.1 Å². The summed E-state index contributed by atoms with van der Waals surface area (Å²) in [7, 11) is -0.706. The molecule has 1 rings (SSSR count). The van der Waals surface area contributed by atoms with Gasteiger partial charge in [0.15, 0.2) is 5.03 Å². The number of hydrogen-bond donors (Lipinski definition) is 1. The Morgan fingerprint density at radius 3 is 2.62 bits per heavy atom. The number of hydrogen-bond acceptors (Lipinski definition) is 4. The molecule has 0 aliphatic heterocycles. The lowest BCUT2D eigenvalue weighted by molar-refractivity contribution is 0.213. The third kappa shape index (κ3) is 2.37. The van der Waals surface area contributed by atoms with E-state index in [1.807, 2.05) is 0 Å². The maximum Gasteiger partial charge on any atom is 0.262 e. The Bertz CT molecular complexity index is 451. The number of aliphatic hydroxyl groups excluding tert-OH is 1. The number of likely N-dealkylation sites (N-methyl/N-ethyl adjacent to an activating group) is 1. The standard InChI is InChI=1S/C8H14ClN3O3S/c1-6(5-13)12(3)16(14,15)7-4-11(2)8(9)10-7/h4,6,13H,5H2,1-3H3. The van der Waals surface area contributed by atoms with Crippen LogP contribution in [0.3, 0.4) is 0 Å². The molecule has 0 radical (unpaired) electrons. The molecule has 1 aromatic heterocycles. The van der Waals surface area contributed by atoms with Crippen LogP contribution in [0.2, 0.25) is 5.28 Å². The van der Waals surface area contributed by atoms with Crippen molar-refractivity contribution in [2.45, 2.75) is 18.0 Å². The SMILES string of the molecule is CC(CO)N(C)S(=O)(=O)c1cn(C)c(Cl)n1. The molecular weight excluding hydrogens is 254 g/mol. The first-order chi connectivity index (χ1) is 7.30. The van der Waals surface area contributed by atoms with Gasteiger partial charge in [0.1, 0.15) is 0 Å². The molecule has 92 valence electrons. The first-order valence-electron chi connectivity index (χ1n) is 4.58. The molecule has 1 aromatic rings. The lowest BCUT2D eigenvalue weighted by Gasteiger charge is -2.20. The maximum absolute atomic E-state index is 12.0. The van der Waals surface area contributed by atoms with Crippen LogP contribution in [0.5, 0.6) is 0 Å². The lowest BCUT2D eigenvalue weighted by Crippen LogP contribution is -2.37. The first kappa shape index (κ1) is 13.4. The van der Waals surface area contributed by atoms with Gasteiger partial charge in [-0.05, 0) is 18.5 Å². The molecular formula is C8H14ClN3O3S. The summed E-state index contributed by atoms with van der Waals surface area (Å²) >= 11 is 5.67. The Hall–Kier alpha value is -0.630. The summed E-state index contributed by atoms with van der Waals surface area (Å²) in [5.41, 5.74) is 0. The van der Waals surface area contributed by atoms with Crippen molar-refractivity contribution in [2.75, 3.05) is 13.7 Å². The van der Waals surface area contributed by atoms with Gasteiger partial charge in [0.2, 0.25) is 5.28 Å². The van der Waals surface area contributed by atoms with Gasteiger partial charge in [-0.3, -0.25) is 0 Å². The molecule has 0 fully saturated rings. The summed E-state index contributed by atoms with van der Waals surface area (Å²) in [6.45, 7) is 1.35. The van der Waals surface area contributed by atoms with E-state index >= 15 is 0 Å². The van der Waals surface area contributed by atoms with E-state index in [1.165, 1.54) is 17.8 Å². The highest BCUT2D eigenvalue weighted by molar-refractivity contribution is 7.89. The van der Waals surface area contributed by atoms with Crippen LogP contribution < -0.4 is 0 Å². The lowest BCUT2D eigenvalue weighted by atomic mass is 10.4. The zero-order chi connectivity index (χ0) is 12.5. The highest BCUT2D eigenvalue weighted by atomic mass is 35.5. The topological polar surface area (TPSA) is 75.4 Å². The molecule has 0 aliphatic rings. The summed E-state index contributed by atoms with van der Waals surface area (Å²) in [6, 6.07) is -0.509. The van der Waals surface area contributed by atoms with Crippen molar-refractivity contribution in [3.8, 4) is 0 Å². The number of nitrogens with zero attached hydrogens (tertiary/aromatic N) is 3. The van der Waals surface area contributed by atoms with E-state index in [4.69, 9.17) is 16.7 Å². The molecule has 1 unspecified atom stereocenters. The molecule has 16 heavy (non-hydrogen) atoms. The molecule has 0 amide bonds. The molecule has 1 heterocycles. The van der Waals surface area contributed by atoms with Crippen LogP contribution >= 0.6 is 11.6 Å². The minimum absolute atomic E-state index is 0.101. The van der Waals surface area contributed by atoms with E-state index in [2.05, 4.69) is 4.98 Å². The van der Waals surface area contributed by atoms with E-state index in [0.717, 1.165) is 4.31 Å². The Balaban J connectivity index is 3.11. The molecule has 0 saturated carbocycles. The Morgan fingerprint density at radius 2 is 2.25 bits per heavy atom. The average Bonchev–Trinajstić information content (AvgIpc) is 2.57. The van der Waals surface area contributed by atoms with Crippen LogP contribution in [0, 0.1) is 0 Å². The number of sulfonamides is 1. The third-order valence-corrected chi connectivity index (χ3v) is 4.52. The van der Waals surface area contributed by atoms with E-state index in [1.54, 1.807) is 14.0 Å². The molecule has 8 heteroatoms. The smallest absolute Gasteiger partial charge is 0.262 e. The fourth-order valence-electron chi connectivity index (χ4n) is 1.04. The van der Waals surface area contributed by atoms with Gasteiger partial charge in [-0.2, -0.15) is 4.31 Å². The predicted molar refractivity (Wildman–Crippen MR) is 59.7 cm³/mol. The minimum atomic E-state index is -3.70. The molecule has 0 saturated heterocycles. The van der Waals surface area contributed by atoms with Gasteiger partial charge in [-0.15, -0.1) is 0 Å². The van der Waals surface area contributed by atoms with Gasteiger partial charge in [0, 0.05) is 26.3 Å². The fraction of sp³-hybridized carbons (Fsp3) is 0.625. The molecule has 1 N–H and O–H groups in total. The van der Waals surface area contributed by atoms with Gasteiger partial charge in [0.05, 0.1) is 6.61 Å². The second-order valence-corrected chi connectivity index (χ2v) is 5.79. The van der Waals surface area contributed by atoms with Crippen LogP contribution in [0.15, 0.2) is 11.2 Å². The van der Waals surface area contributed by atoms with Crippen molar-refractivity contribution in [2.24, 2.45) is 7.05 Å². The van der Waals surface area contributed by atoms with Crippen molar-refractivity contribution in [3.05, 3.63) is 11.5 Å². The molecule has 0 aromatic carbocycles. The molecule has 0 bridgehead atoms. The Morgan fingerprint density at radius 1 is 1.69 bits per heavy atom. The summed E-state index contributed by atoms with van der Waals surface area (Å²) in [6.07, 6.45) is 1.33. The molecule has 1 atom stereocenters. The highest BCUT2D eigenvalue weighted by Crippen LogP contribution is 2.17. The number of aromatic nitrogens is 2. The number of aliphatic hydroxyl groups is 1. The Labute approximate surface area is 99.5 Å². The quantitative estimate of drug-likeness (QED) is 0.838. The van der Waals surface area contributed by atoms with E-state index in [-0.39, 0.29) is 16.9 Å². The number of imidazole rings is 1. The van der Waals surface area contributed by atoms with Crippen molar-refractivity contribution in [3.63, 3.8) is 0 Å².